The Morgan fingerprint density at radius 2 is 2.38 bits per heavy atom. The van der Waals surface area contributed by atoms with Crippen molar-refractivity contribution < 1.29 is 4.74 Å². The maximum absolute atomic E-state index is 5.67. The Balaban J connectivity index is 2.27. The van der Waals surface area contributed by atoms with E-state index in [1.807, 2.05) is 13.1 Å². The fourth-order valence-corrected chi connectivity index (χ4v) is 1.80. The Bertz CT molecular complexity index is 370. The fourth-order valence-electron chi connectivity index (χ4n) is 1.80. The third-order valence-electron chi connectivity index (χ3n) is 2.65. The third-order valence-corrected chi connectivity index (χ3v) is 2.65. The van der Waals surface area contributed by atoms with Crippen molar-refractivity contribution in [2.75, 3.05) is 42.8 Å². The van der Waals surface area contributed by atoms with Crippen molar-refractivity contribution in [1.29, 1.82) is 0 Å². The molecule has 1 saturated heterocycles. The largest absolute Gasteiger partial charge is 0.377 e. The summed E-state index contributed by atoms with van der Waals surface area (Å²) in [4.78, 5) is 10.5. The number of rotatable bonds is 2. The summed E-state index contributed by atoms with van der Waals surface area (Å²) in [5.41, 5.74) is 5.67. The molecule has 6 heteroatoms. The molecular weight excluding hydrogens is 206 g/mol. The first-order valence-corrected chi connectivity index (χ1v) is 5.37. The second-order valence-corrected chi connectivity index (χ2v) is 3.84. The number of ether oxygens (including phenoxy) is 1. The lowest BCUT2D eigenvalue weighted by molar-refractivity contribution is 0.0985. The molecule has 1 aromatic rings. The van der Waals surface area contributed by atoms with Gasteiger partial charge in [-0.3, -0.25) is 0 Å². The Hall–Kier alpha value is -1.56. The van der Waals surface area contributed by atoms with Crippen LogP contribution in [0.3, 0.4) is 0 Å². The number of hydrogen-bond donors (Lipinski definition) is 2. The summed E-state index contributed by atoms with van der Waals surface area (Å²) in [7, 11) is 1.81. The summed E-state index contributed by atoms with van der Waals surface area (Å²) in [5.74, 6) is 1.88. The van der Waals surface area contributed by atoms with E-state index in [2.05, 4.69) is 27.1 Å². The van der Waals surface area contributed by atoms with Crippen molar-refractivity contribution in [3.05, 3.63) is 6.07 Å². The highest BCUT2D eigenvalue weighted by Gasteiger charge is 2.20. The van der Waals surface area contributed by atoms with Crippen molar-refractivity contribution in [2.24, 2.45) is 0 Å². The van der Waals surface area contributed by atoms with Crippen molar-refractivity contribution >= 4 is 17.6 Å². The number of anilines is 3. The van der Waals surface area contributed by atoms with Crippen LogP contribution in [-0.4, -0.2) is 42.8 Å². The van der Waals surface area contributed by atoms with Crippen LogP contribution >= 0.6 is 0 Å². The van der Waals surface area contributed by atoms with Gasteiger partial charge in [0.2, 0.25) is 5.95 Å². The van der Waals surface area contributed by atoms with Crippen molar-refractivity contribution in [3.8, 4) is 0 Å². The molecule has 0 aliphatic carbocycles. The first-order valence-electron chi connectivity index (χ1n) is 5.37. The number of nitrogens with one attached hydrogen (secondary N) is 1. The van der Waals surface area contributed by atoms with Gasteiger partial charge in [-0.1, -0.05) is 0 Å². The van der Waals surface area contributed by atoms with Crippen LogP contribution in [0.25, 0.3) is 0 Å². The Labute approximate surface area is 94.8 Å². The zero-order valence-electron chi connectivity index (χ0n) is 9.60. The van der Waals surface area contributed by atoms with E-state index in [4.69, 9.17) is 10.5 Å². The normalized spacial score (nSPS) is 20.9. The van der Waals surface area contributed by atoms with Crippen LogP contribution in [0.15, 0.2) is 6.07 Å². The van der Waals surface area contributed by atoms with Crippen molar-refractivity contribution in [2.45, 2.75) is 13.0 Å². The van der Waals surface area contributed by atoms with Gasteiger partial charge in [0.05, 0.1) is 19.3 Å². The molecule has 0 saturated carbocycles. The van der Waals surface area contributed by atoms with Gasteiger partial charge in [-0.05, 0) is 6.92 Å². The summed E-state index contributed by atoms with van der Waals surface area (Å²) in [5, 5.41) is 2.97. The molecule has 1 aliphatic rings. The number of nitrogens with zero attached hydrogens (tertiary/aromatic N) is 3. The van der Waals surface area contributed by atoms with Crippen LogP contribution in [0.4, 0.5) is 17.6 Å². The molecule has 1 unspecified atom stereocenters. The molecule has 88 valence electrons. The molecule has 1 aromatic heterocycles. The number of aromatic nitrogens is 2. The summed E-state index contributed by atoms with van der Waals surface area (Å²) in [6, 6.07) is 2.21. The van der Waals surface area contributed by atoms with E-state index in [1.165, 1.54) is 0 Å². The maximum Gasteiger partial charge on any atom is 0.223 e. The highest BCUT2D eigenvalue weighted by Crippen LogP contribution is 2.20. The van der Waals surface area contributed by atoms with E-state index in [0.717, 1.165) is 31.4 Å². The van der Waals surface area contributed by atoms with E-state index < -0.39 is 0 Å². The number of morpholine rings is 1. The van der Waals surface area contributed by atoms with E-state index in [-0.39, 0.29) is 0 Å². The van der Waals surface area contributed by atoms with Crippen LogP contribution < -0.4 is 16.0 Å². The Morgan fingerprint density at radius 1 is 1.56 bits per heavy atom. The molecule has 0 bridgehead atoms. The molecule has 1 aliphatic heterocycles. The molecule has 2 rings (SSSR count). The van der Waals surface area contributed by atoms with Gasteiger partial charge < -0.3 is 20.7 Å². The molecule has 0 spiro atoms. The standard InChI is InChI=1S/C10H17N5O/c1-7-6-16-4-3-15(7)9-5-8(12-2)13-10(11)14-9/h5,7H,3-4,6H2,1-2H3,(H3,11,12,13,14). The Kier molecular flexibility index (Phi) is 3.09. The lowest BCUT2D eigenvalue weighted by Crippen LogP contribution is -2.44. The maximum atomic E-state index is 5.67. The van der Waals surface area contributed by atoms with Crippen LogP contribution in [0, 0.1) is 0 Å². The number of nitrogen functional groups attached to an aromatic ring is 1. The summed E-state index contributed by atoms with van der Waals surface area (Å²) >= 11 is 0. The fraction of sp³-hybridized carbons (Fsp3) is 0.600. The first-order chi connectivity index (χ1) is 7.70. The molecule has 16 heavy (non-hydrogen) atoms. The van der Waals surface area contributed by atoms with Gasteiger partial charge in [-0.25, -0.2) is 0 Å². The highest BCUT2D eigenvalue weighted by molar-refractivity contribution is 5.53. The lowest BCUT2D eigenvalue weighted by Gasteiger charge is -2.34. The van der Waals surface area contributed by atoms with E-state index in [1.54, 1.807) is 0 Å². The van der Waals surface area contributed by atoms with Crippen LogP contribution in [0.2, 0.25) is 0 Å². The second-order valence-electron chi connectivity index (χ2n) is 3.84. The molecule has 6 nitrogen and oxygen atoms in total. The smallest absolute Gasteiger partial charge is 0.223 e. The van der Waals surface area contributed by atoms with Gasteiger partial charge >= 0.3 is 0 Å². The number of nitrogens with two attached hydrogens (primary N) is 1. The van der Waals surface area contributed by atoms with Gasteiger partial charge in [-0.2, -0.15) is 9.97 Å². The molecule has 0 aromatic carbocycles. The van der Waals surface area contributed by atoms with Gasteiger partial charge in [0.15, 0.2) is 0 Å². The highest BCUT2D eigenvalue weighted by atomic mass is 16.5. The number of hydrogen-bond acceptors (Lipinski definition) is 6. The summed E-state index contributed by atoms with van der Waals surface area (Å²) in [6.45, 7) is 4.39. The van der Waals surface area contributed by atoms with Gasteiger partial charge in [0.1, 0.15) is 11.6 Å². The minimum absolute atomic E-state index is 0.292. The van der Waals surface area contributed by atoms with Gasteiger partial charge in [-0.15, -0.1) is 0 Å². The predicted molar refractivity (Wildman–Crippen MR) is 63.6 cm³/mol. The minimum Gasteiger partial charge on any atom is -0.377 e. The van der Waals surface area contributed by atoms with Crippen LogP contribution in [0.1, 0.15) is 6.92 Å². The monoisotopic (exact) mass is 223 g/mol. The Morgan fingerprint density at radius 3 is 3.06 bits per heavy atom. The zero-order valence-corrected chi connectivity index (χ0v) is 9.60. The quantitative estimate of drug-likeness (QED) is 0.752. The SMILES string of the molecule is CNc1cc(N2CCOCC2C)nc(N)n1. The minimum atomic E-state index is 0.292. The topological polar surface area (TPSA) is 76.3 Å². The van der Waals surface area contributed by atoms with E-state index in [0.29, 0.717) is 12.0 Å². The van der Waals surface area contributed by atoms with Gasteiger partial charge in [0.25, 0.3) is 0 Å². The van der Waals surface area contributed by atoms with Crippen LogP contribution in [-0.2, 0) is 4.74 Å². The molecule has 2 heterocycles. The average Bonchev–Trinajstić information content (AvgIpc) is 2.28. The first kappa shape index (κ1) is 10.9. The molecular formula is C10H17N5O. The van der Waals surface area contributed by atoms with Crippen molar-refractivity contribution in [3.63, 3.8) is 0 Å². The zero-order chi connectivity index (χ0) is 11.5. The predicted octanol–water partition coefficient (Wildman–Crippen LogP) is 0.326. The van der Waals surface area contributed by atoms with Crippen molar-refractivity contribution in [1.82, 2.24) is 9.97 Å². The van der Waals surface area contributed by atoms with E-state index >= 15 is 0 Å². The van der Waals surface area contributed by atoms with Crippen LogP contribution in [0.5, 0.6) is 0 Å². The van der Waals surface area contributed by atoms with Gasteiger partial charge in [0, 0.05) is 19.7 Å². The van der Waals surface area contributed by atoms with E-state index in [9.17, 15) is 0 Å². The molecule has 0 amide bonds. The third kappa shape index (κ3) is 2.16. The summed E-state index contributed by atoms with van der Waals surface area (Å²) in [6.07, 6.45) is 0. The molecule has 1 fully saturated rings. The lowest BCUT2D eigenvalue weighted by atomic mass is 10.2. The molecule has 3 N–H and O–H groups in total. The molecule has 1 atom stereocenters. The average molecular weight is 223 g/mol. The molecule has 0 radical (unpaired) electrons. The summed E-state index contributed by atoms with van der Waals surface area (Å²) < 4.78 is 5.39. The second kappa shape index (κ2) is 4.52.